The summed E-state index contributed by atoms with van der Waals surface area (Å²) in [5.41, 5.74) is 1.56. The Labute approximate surface area is 89.3 Å². The van der Waals surface area contributed by atoms with Crippen molar-refractivity contribution >= 4 is 27.7 Å². The fourth-order valence-corrected chi connectivity index (χ4v) is 1.43. The maximum atomic E-state index is 10.4. The van der Waals surface area contributed by atoms with E-state index in [-0.39, 0.29) is 0 Å². The number of carbonyl (C=O) groups excluding carboxylic acids is 1. The Hall–Kier alpha value is -1.20. The van der Waals surface area contributed by atoms with Crippen molar-refractivity contribution in [3.63, 3.8) is 0 Å². The fraction of sp³-hybridized carbons (Fsp3) is 0.111. The lowest BCUT2D eigenvalue weighted by Gasteiger charge is -1.93. The van der Waals surface area contributed by atoms with Gasteiger partial charge in [0.15, 0.2) is 0 Å². The number of rotatable bonds is 1. The van der Waals surface area contributed by atoms with Crippen LogP contribution in [0.3, 0.4) is 0 Å². The molecule has 0 unspecified atom stereocenters. The van der Waals surface area contributed by atoms with Crippen LogP contribution in [-0.4, -0.2) is 28.1 Å². The van der Waals surface area contributed by atoms with Crippen LogP contribution in [0.5, 0.6) is 0 Å². The Balaban J connectivity index is 0.000000461. The van der Waals surface area contributed by atoms with Crippen LogP contribution in [0.1, 0.15) is 10.4 Å². The van der Waals surface area contributed by atoms with E-state index in [2.05, 4.69) is 21.0 Å². The van der Waals surface area contributed by atoms with Crippen molar-refractivity contribution in [3.05, 3.63) is 34.6 Å². The molecular formula is C9H9BrN2O2. The van der Waals surface area contributed by atoms with Gasteiger partial charge in [-0.15, -0.1) is 0 Å². The van der Waals surface area contributed by atoms with Crippen molar-refractivity contribution in [1.29, 1.82) is 0 Å². The van der Waals surface area contributed by atoms with Crippen molar-refractivity contribution in [2.24, 2.45) is 0 Å². The zero-order valence-electron chi connectivity index (χ0n) is 7.51. The molecule has 5 heteroatoms. The smallest absolute Gasteiger partial charge is 0.150 e. The van der Waals surface area contributed by atoms with Gasteiger partial charge >= 0.3 is 0 Å². The first-order chi connectivity index (χ1) is 6.81. The molecule has 0 saturated carbocycles. The minimum atomic E-state index is 0.656. The molecule has 0 saturated heterocycles. The van der Waals surface area contributed by atoms with E-state index >= 15 is 0 Å². The molecule has 2 aromatic heterocycles. The zero-order valence-corrected chi connectivity index (χ0v) is 9.10. The number of pyridine rings is 1. The number of halogens is 1. The third-order valence-corrected chi connectivity index (χ3v) is 2.25. The van der Waals surface area contributed by atoms with Crippen LogP contribution in [-0.2, 0) is 0 Å². The average molecular weight is 257 g/mol. The summed E-state index contributed by atoms with van der Waals surface area (Å²) in [6.45, 7) is 0. The Morgan fingerprint density at radius 2 is 2.29 bits per heavy atom. The number of aldehydes is 1. The van der Waals surface area contributed by atoms with Gasteiger partial charge in [0.2, 0.25) is 0 Å². The molecule has 0 aliphatic carbocycles. The fourth-order valence-electron chi connectivity index (χ4n) is 1.04. The summed E-state index contributed by atoms with van der Waals surface area (Å²) in [6.07, 6.45) is 4.27. The maximum Gasteiger partial charge on any atom is 0.150 e. The number of aliphatic hydroxyl groups is 1. The number of nitrogens with zero attached hydrogens (tertiary/aromatic N) is 2. The highest BCUT2D eigenvalue weighted by molar-refractivity contribution is 9.10. The largest absolute Gasteiger partial charge is 0.400 e. The van der Waals surface area contributed by atoms with Crippen LogP contribution in [0.4, 0.5) is 0 Å². The van der Waals surface area contributed by atoms with E-state index in [0.717, 1.165) is 23.4 Å². The van der Waals surface area contributed by atoms with Gasteiger partial charge in [-0.2, -0.15) is 5.10 Å². The van der Waals surface area contributed by atoms with Gasteiger partial charge in [-0.25, -0.2) is 4.52 Å². The second kappa shape index (κ2) is 4.88. The van der Waals surface area contributed by atoms with Gasteiger partial charge in [-0.3, -0.25) is 4.79 Å². The van der Waals surface area contributed by atoms with Crippen LogP contribution in [0.15, 0.2) is 29.0 Å². The van der Waals surface area contributed by atoms with Crippen molar-refractivity contribution in [1.82, 2.24) is 9.61 Å². The Kier molecular flexibility index (Phi) is 3.79. The second-order valence-corrected chi connectivity index (χ2v) is 3.25. The zero-order chi connectivity index (χ0) is 10.6. The average Bonchev–Trinajstić information content (AvgIpc) is 2.63. The van der Waals surface area contributed by atoms with Gasteiger partial charge in [0.05, 0.1) is 16.2 Å². The van der Waals surface area contributed by atoms with E-state index in [1.165, 1.54) is 0 Å². The number of aliphatic hydroxyl groups excluding tert-OH is 1. The summed E-state index contributed by atoms with van der Waals surface area (Å²) in [7, 11) is 1.00. The van der Waals surface area contributed by atoms with Crippen molar-refractivity contribution in [2.75, 3.05) is 7.11 Å². The highest BCUT2D eigenvalue weighted by atomic mass is 79.9. The Morgan fingerprint density at radius 3 is 2.93 bits per heavy atom. The van der Waals surface area contributed by atoms with E-state index in [1.807, 2.05) is 0 Å². The van der Waals surface area contributed by atoms with Gasteiger partial charge in [-0.05, 0) is 28.1 Å². The number of aromatic nitrogens is 2. The summed E-state index contributed by atoms with van der Waals surface area (Å²) >= 11 is 3.33. The number of hydrogen-bond donors (Lipinski definition) is 1. The van der Waals surface area contributed by atoms with Crippen molar-refractivity contribution in [3.8, 4) is 0 Å². The van der Waals surface area contributed by atoms with Gasteiger partial charge in [0.25, 0.3) is 0 Å². The molecule has 2 aromatic rings. The molecule has 4 nitrogen and oxygen atoms in total. The van der Waals surface area contributed by atoms with E-state index in [4.69, 9.17) is 5.11 Å². The van der Waals surface area contributed by atoms with Crippen LogP contribution >= 0.6 is 15.9 Å². The van der Waals surface area contributed by atoms with Crippen LogP contribution in [0.25, 0.3) is 5.52 Å². The molecule has 1 N–H and O–H groups in total. The predicted molar refractivity (Wildman–Crippen MR) is 56.4 cm³/mol. The number of carbonyl (C=O) groups is 1. The Bertz CT molecular complexity index is 439. The van der Waals surface area contributed by atoms with Crippen LogP contribution in [0.2, 0.25) is 0 Å². The molecule has 0 radical (unpaired) electrons. The monoisotopic (exact) mass is 256 g/mol. The highest BCUT2D eigenvalue weighted by Crippen LogP contribution is 2.17. The molecular weight excluding hydrogens is 248 g/mol. The number of hydrogen-bond acceptors (Lipinski definition) is 3. The molecule has 0 aliphatic rings. The molecule has 14 heavy (non-hydrogen) atoms. The molecule has 0 aromatic carbocycles. The van der Waals surface area contributed by atoms with E-state index in [1.54, 1.807) is 29.0 Å². The quantitative estimate of drug-likeness (QED) is 0.788. The third kappa shape index (κ3) is 2.00. The molecule has 74 valence electrons. The van der Waals surface area contributed by atoms with Gasteiger partial charge in [0.1, 0.15) is 6.29 Å². The minimum Gasteiger partial charge on any atom is -0.400 e. The number of fused-ring (bicyclic) bond motifs is 1. The first-order valence-corrected chi connectivity index (χ1v) is 4.63. The summed E-state index contributed by atoms with van der Waals surface area (Å²) < 4.78 is 2.60. The van der Waals surface area contributed by atoms with Crippen molar-refractivity contribution in [2.45, 2.75) is 0 Å². The topological polar surface area (TPSA) is 54.6 Å². The first kappa shape index (κ1) is 10.9. The Morgan fingerprint density at radius 1 is 1.57 bits per heavy atom. The molecule has 2 rings (SSSR count). The lowest BCUT2D eigenvalue weighted by atomic mass is 10.3. The summed E-state index contributed by atoms with van der Waals surface area (Å²) in [4.78, 5) is 10.4. The standard InChI is InChI=1S/C8H5BrN2O.CH4O/c9-7-4-10-11-2-1-6(5-12)3-8(7)11;1-2/h1-5H;2H,1H3. The summed E-state index contributed by atoms with van der Waals surface area (Å²) in [5.74, 6) is 0. The van der Waals surface area contributed by atoms with Crippen LogP contribution in [0, 0.1) is 0 Å². The summed E-state index contributed by atoms with van der Waals surface area (Å²) in [6, 6.07) is 3.50. The SMILES string of the molecule is CO.O=Cc1ccn2ncc(Br)c2c1. The molecule has 0 spiro atoms. The van der Waals surface area contributed by atoms with Gasteiger partial charge in [-0.1, -0.05) is 0 Å². The van der Waals surface area contributed by atoms with E-state index in [0.29, 0.717) is 5.56 Å². The van der Waals surface area contributed by atoms with Crippen LogP contribution < -0.4 is 0 Å². The molecule has 0 fully saturated rings. The minimum absolute atomic E-state index is 0.656. The summed E-state index contributed by atoms with van der Waals surface area (Å²) in [5, 5.41) is 11.0. The second-order valence-electron chi connectivity index (χ2n) is 2.40. The molecule has 2 heterocycles. The van der Waals surface area contributed by atoms with E-state index < -0.39 is 0 Å². The van der Waals surface area contributed by atoms with Crippen molar-refractivity contribution < 1.29 is 9.90 Å². The highest BCUT2D eigenvalue weighted by Gasteiger charge is 2.00. The molecule has 0 aliphatic heterocycles. The molecule has 0 atom stereocenters. The third-order valence-electron chi connectivity index (χ3n) is 1.63. The van der Waals surface area contributed by atoms with E-state index in [9.17, 15) is 4.79 Å². The molecule has 0 amide bonds. The normalized spacial score (nSPS) is 9.36. The maximum absolute atomic E-state index is 10.4. The first-order valence-electron chi connectivity index (χ1n) is 3.84. The lowest BCUT2D eigenvalue weighted by molar-refractivity contribution is 0.112. The van der Waals surface area contributed by atoms with Gasteiger partial charge in [0, 0.05) is 18.9 Å². The van der Waals surface area contributed by atoms with Gasteiger partial charge < -0.3 is 5.11 Å². The lowest BCUT2D eigenvalue weighted by Crippen LogP contribution is -1.87. The molecule has 0 bridgehead atoms. The predicted octanol–water partition coefficient (Wildman–Crippen LogP) is 1.52.